The fourth-order valence-electron chi connectivity index (χ4n) is 3.90. The summed E-state index contributed by atoms with van der Waals surface area (Å²) in [5.41, 5.74) is 1.20. The van der Waals surface area contributed by atoms with E-state index in [4.69, 9.17) is 4.74 Å². The van der Waals surface area contributed by atoms with Crippen LogP contribution in [0.25, 0.3) is 0 Å². The lowest BCUT2D eigenvalue weighted by atomic mass is 10.1. The predicted octanol–water partition coefficient (Wildman–Crippen LogP) is 3.02. The van der Waals surface area contributed by atoms with Crippen molar-refractivity contribution in [2.24, 2.45) is 0 Å². The molecule has 35 heavy (non-hydrogen) atoms. The number of nitrogens with one attached hydrogen (secondary N) is 3. The molecule has 1 unspecified atom stereocenters. The van der Waals surface area contributed by atoms with Gasteiger partial charge in [0.05, 0.1) is 18.8 Å². The van der Waals surface area contributed by atoms with Gasteiger partial charge in [0.25, 0.3) is 0 Å². The van der Waals surface area contributed by atoms with E-state index < -0.39 is 48.4 Å². The van der Waals surface area contributed by atoms with Crippen LogP contribution in [0.3, 0.4) is 0 Å². The summed E-state index contributed by atoms with van der Waals surface area (Å²) in [7, 11) is 0. The Kier molecular flexibility index (Phi) is 9.62. The Morgan fingerprint density at radius 1 is 1.14 bits per heavy atom. The first-order valence-electron chi connectivity index (χ1n) is 11.4. The number of halogens is 4. The van der Waals surface area contributed by atoms with Crippen molar-refractivity contribution in [2.75, 3.05) is 13.1 Å². The summed E-state index contributed by atoms with van der Waals surface area (Å²) in [6.45, 7) is 2.15. The SMILES string of the molecule is Cc1cc(F)c(CCNC(=O)[C@H](CC(F)F)NC(=O)C2C[C@@H](OCc3ccccc3)CN2)c(F)c1. The standard InChI is InChI=1S/C25H29F4N3O3/c1-15-9-19(26)18(20(27)10-15)7-8-30-24(33)22(12-23(28)29)32-25(34)21-11-17(13-31-21)35-14-16-5-3-2-4-6-16/h2-6,9-10,17,21-23,31H,7-8,11-14H2,1H3,(H,30,33)(H,32,34)/t17-,21?,22+/m1/s1. The van der Waals surface area contributed by atoms with Gasteiger partial charge in [-0.25, -0.2) is 17.6 Å². The lowest BCUT2D eigenvalue weighted by Gasteiger charge is -2.20. The van der Waals surface area contributed by atoms with E-state index >= 15 is 0 Å². The highest BCUT2D eigenvalue weighted by Crippen LogP contribution is 2.16. The number of carbonyl (C=O) groups excluding carboxylic acids is 2. The first kappa shape index (κ1) is 26.6. The van der Waals surface area contributed by atoms with Crippen LogP contribution in [0.4, 0.5) is 17.6 Å². The van der Waals surface area contributed by atoms with Crippen LogP contribution in [0.1, 0.15) is 29.5 Å². The summed E-state index contributed by atoms with van der Waals surface area (Å²) < 4.78 is 59.9. The molecule has 1 saturated heterocycles. The first-order valence-corrected chi connectivity index (χ1v) is 11.4. The van der Waals surface area contributed by atoms with E-state index in [1.165, 1.54) is 12.1 Å². The molecule has 6 nitrogen and oxygen atoms in total. The van der Waals surface area contributed by atoms with Gasteiger partial charge in [0, 0.05) is 25.1 Å². The number of rotatable bonds is 11. The van der Waals surface area contributed by atoms with Crippen LogP contribution in [0, 0.1) is 18.6 Å². The maximum absolute atomic E-state index is 14.0. The Balaban J connectivity index is 1.49. The van der Waals surface area contributed by atoms with E-state index in [9.17, 15) is 27.2 Å². The summed E-state index contributed by atoms with van der Waals surface area (Å²) in [5.74, 6) is -2.93. The quantitative estimate of drug-likeness (QED) is 0.419. The van der Waals surface area contributed by atoms with E-state index in [1.807, 2.05) is 30.3 Å². The number of hydrogen-bond donors (Lipinski definition) is 3. The Morgan fingerprint density at radius 3 is 2.49 bits per heavy atom. The zero-order valence-corrected chi connectivity index (χ0v) is 19.3. The molecule has 0 saturated carbocycles. The minimum absolute atomic E-state index is 0.163. The molecule has 3 atom stereocenters. The Morgan fingerprint density at radius 2 is 1.83 bits per heavy atom. The van der Waals surface area contributed by atoms with Gasteiger partial charge in [-0.3, -0.25) is 9.59 Å². The fraction of sp³-hybridized carbons (Fsp3) is 0.440. The van der Waals surface area contributed by atoms with Crippen molar-refractivity contribution in [3.8, 4) is 0 Å². The summed E-state index contributed by atoms with van der Waals surface area (Å²) >= 11 is 0. The molecule has 0 aromatic heterocycles. The molecule has 0 bridgehead atoms. The smallest absolute Gasteiger partial charge is 0.242 e. The molecule has 1 heterocycles. The molecular formula is C25H29F4N3O3. The minimum Gasteiger partial charge on any atom is -0.372 e. The van der Waals surface area contributed by atoms with Gasteiger partial charge in [0.2, 0.25) is 18.2 Å². The van der Waals surface area contributed by atoms with E-state index in [-0.39, 0.29) is 24.6 Å². The zero-order chi connectivity index (χ0) is 25.4. The van der Waals surface area contributed by atoms with Gasteiger partial charge in [-0.05, 0) is 43.0 Å². The number of amides is 2. The van der Waals surface area contributed by atoms with Crippen LogP contribution in [-0.4, -0.2) is 49.5 Å². The molecule has 2 aromatic carbocycles. The zero-order valence-electron chi connectivity index (χ0n) is 19.3. The Labute approximate surface area is 201 Å². The minimum atomic E-state index is -2.84. The number of aryl methyl sites for hydroxylation is 1. The van der Waals surface area contributed by atoms with Gasteiger partial charge in [0.1, 0.15) is 17.7 Å². The number of benzene rings is 2. The molecule has 3 rings (SSSR count). The molecule has 1 aliphatic rings. The lowest BCUT2D eigenvalue weighted by molar-refractivity contribution is -0.130. The molecular weight excluding hydrogens is 466 g/mol. The average Bonchev–Trinajstić information content (AvgIpc) is 3.28. The second-order valence-electron chi connectivity index (χ2n) is 8.55. The molecule has 0 spiro atoms. The second kappa shape index (κ2) is 12.6. The maximum atomic E-state index is 14.0. The van der Waals surface area contributed by atoms with Crippen molar-refractivity contribution >= 4 is 11.8 Å². The molecule has 2 amide bonds. The van der Waals surface area contributed by atoms with Crippen molar-refractivity contribution in [3.05, 3.63) is 70.8 Å². The van der Waals surface area contributed by atoms with Crippen LogP contribution >= 0.6 is 0 Å². The molecule has 3 N–H and O–H groups in total. The Bertz CT molecular complexity index is 984. The molecule has 1 aliphatic heterocycles. The van der Waals surface area contributed by atoms with Gasteiger partial charge < -0.3 is 20.7 Å². The van der Waals surface area contributed by atoms with Crippen LogP contribution in [-0.2, 0) is 27.4 Å². The number of ether oxygens (including phenoxy) is 1. The summed E-state index contributed by atoms with van der Waals surface area (Å²) in [6.07, 6.45) is -3.80. The molecule has 1 fully saturated rings. The van der Waals surface area contributed by atoms with Crippen molar-refractivity contribution < 1.29 is 31.9 Å². The van der Waals surface area contributed by atoms with Crippen LogP contribution in [0.5, 0.6) is 0 Å². The van der Waals surface area contributed by atoms with Crippen LogP contribution in [0.15, 0.2) is 42.5 Å². The number of carbonyl (C=O) groups is 2. The van der Waals surface area contributed by atoms with E-state index in [1.54, 1.807) is 6.92 Å². The highest BCUT2D eigenvalue weighted by molar-refractivity contribution is 5.90. The normalized spacial score (nSPS) is 18.5. The summed E-state index contributed by atoms with van der Waals surface area (Å²) in [6, 6.07) is 9.68. The Hall–Kier alpha value is -2.98. The topological polar surface area (TPSA) is 79.5 Å². The average molecular weight is 496 g/mol. The van der Waals surface area contributed by atoms with Gasteiger partial charge in [-0.2, -0.15) is 0 Å². The van der Waals surface area contributed by atoms with Gasteiger partial charge >= 0.3 is 0 Å². The van der Waals surface area contributed by atoms with Crippen LogP contribution in [0.2, 0.25) is 0 Å². The van der Waals surface area contributed by atoms with Gasteiger partial charge in [-0.15, -0.1) is 0 Å². The number of alkyl halides is 2. The molecule has 10 heteroatoms. The van der Waals surface area contributed by atoms with Crippen LogP contribution < -0.4 is 16.0 Å². The van der Waals surface area contributed by atoms with Crippen molar-refractivity contribution in [1.29, 1.82) is 0 Å². The van der Waals surface area contributed by atoms with Crippen molar-refractivity contribution in [1.82, 2.24) is 16.0 Å². The first-order chi connectivity index (χ1) is 16.7. The summed E-state index contributed by atoms with van der Waals surface area (Å²) in [5, 5.41) is 7.73. The fourth-order valence-corrected chi connectivity index (χ4v) is 3.90. The second-order valence-corrected chi connectivity index (χ2v) is 8.55. The largest absolute Gasteiger partial charge is 0.372 e. The highest BCUT2D eigenvalue weighted by Gasteiger charge is 2.33. The lowest BCUT2D eigenvalue weighted by Crippen LogP contribution is -2.52. The highest BCUT2D eigenvalue weighted by atomic mass is 19.3. The van der Waals surface area contributed by atoms with Gasteiger partial charge in [-0.1, -0.05) is 30.3 Å². The van der Waals surface area contributed by atoms with Crippen molar-refractivity contribution in [2.45, 2.75) is 57.4 Å². The van der Waals surface area contributed by atoms with Gasteiger partial charge in [0.15, 0.2) is 0 Å². The summed E-state index contributed by atoms with van der Waals surface area (Å²) in [4.78, 5) is 25.1. The molecule has 2 aromatic rings. The van der Waals surface area contributed by atoms with E-state index in [0.29, 0.717) is 25.1 Å². The third-order valence-electron chi connectivity index (χ3n) is 5.74. The van der Waals surface area contributed by atoms with E-state index in [0.717, 1.165) is 5.56 Å². The third-order valence-corrected chi connectivity index (χ3v) is 5.74. The molecule has 0 aliphatic carbocycles. The maximum Gasteiger partial charge on any atom is 0.242 e. The van der Waals surface area contributed by atoms with E-state index in [2.05, 4.69) is 16.0 Å². The monoisotopic (exact) mass is 495 g/mol. The third kappa shape index (κ3) is 8.03. The van der Waals surface area contributed by atoms with Crippen molar-refractivity contribution in [3.63, 3.8) is 0 Å². The molecule has 190 valence electrons. The predicted molar refractivity (Wildman–Crippen MR) is 122 cm³/mol. The number of hydrogen-bond acceptors (Lipinski definition) is 4. The molecule has 0 radical (unpaired) electrons.